The molecule has 0 aromatic carbocycles. The highest BCUT2D eigenvalue weighted by molar-refractivity contribution is 7.90. The van der Waals surface area contributed by atoms with Crippen molar-refractivity contribution in [1.82, 2.24) is 4.72 Å². The summed E-state index contributed by atoms with van der Waals surface area (Å²) < 4.78 is 30.8. The van der Waals surface area contributed by atoms with Gasteiger partial charge >= 0.3 is 0 Å². The molecule has 0 amide bonds. The summed E-state index contributed by atoms with van der Waals surface area (Å²) in [7, 11) is -3.62. The van der Waals surface area contributed by atoms with Gasteiger partial charge in [0.1, 0.15) is 11.5 Å². The summed E-state index contributed by atoms with van der Waals surface area (Å²) in [6, 6.07) is 4.67. The van der Waals surface area contributed by atoms with E-state index in [2.05, 4.69) is 4.72 Å². The maximum atomic E-state index is 11.6. The van der Waals surface area contributed by atoms with E-state index in [0.29, 0.717) is 5.76 Å². The Morgan fingerprint density at radius 2 is 2.06 bits per heavy atom. The second-order valence-corrected chi connectivity index (χ2v) is 5.64. The number of rotatable bonds is 4. The van der Waals surface area contributed by atoms with Crippen molar-refractivity contribution >= 4 is 10.0 Å². The maximum Gasteiger partial charge on any atom is 0.228 e. The number of hydrogen-bond acceptors (Lipinski definition) is 4. The molecule has 0 aliphatic carbocycles. The second kappa shape index (κ2) is 4.68. The van der Waals surface area contributed by atoms with Gasteiger partial charge in [-0.25, -0.2) is 13.1 Å². The van der Waals surface area contributed by atoms with E-state index in [-0.39, 0.29) is 0 Å². The van der Waals surface area contributed by atoms with E-state index in [1.807, 2.05) is 0 Å². The Balaban J connectivity index is 2.80. The molecular formula is C10H14N2O3S. The van der Waals surface area contributed by atoms with Crippen LogP contribution >= 0.6 is 0 Å². The summed E-state index contributed by atoms with van der Waals surface area (Å²) >= 11 is 0. The smallest absolute Gasteiger partial charge is 0.228 e. The zero-order chi connectivity index (χ0) is 12.3. The van der Waals surface area contributed by atoms with E-state index in [1.165, 1.54) is 6.92 Å². The molecule has 2 unspecified atom stereocenters. The maximum absolute atomic E-state index is 11.6. The van der Waals surface area contributed by atoms with Gasteiger partial charge in [0.25, 0.3) is 0 Å². The number of nitrogens with zero attached hydrogens (tertiary/aromatic N) is 1. The number of nitriles is 1. The fourth-order valence-electron chi connectivity index (χ4n) is 1.16. The quantitative estimate of drug-likeness (QED) is 0.866. The molecule has 0 aliphatic heterocycles. The van der Waals surface area contributed by atoms with Crippen LogP contribution < -0.4 is 4.72 Å². The molecule has 0 radical (unpaired) electrons. The monoisotopic (exact) mass is 242 g/mol. The highest BCUT2D eigenvalue weighted by Gasteiger charge is 2.24. The van der Waals surface area contributed by atoms with Crippen LogP contribution in [0.3, 0.4) is 0 Å². The van der Waals surface area contributed by atoms with E-state index >= 15 is 0 Å². The van der Waals surface area contributed by atoms with Crippen molar-refractivity contribution in [2.45, 2.75) is 32.1 Å². The minimum Gasteiger partial charge on any atom is -0.465 e. The van der Waals surface area contributed by atoms with Gasteiger partial charge in [0, 0.05) is 0 Å². The molecule has 6 heteroatoms. The predicted molar refractivity (Wildman–Crippen MR) is 59.0 cm³/mol. The van der Waals surface area contributed by atoms with Crippen LogP contribution in [0.2, 0.25) is 0 Å². The highest BCUT2D eigenvalue weighted by atomic mass is 32.2. The topological polar surface area (TPSA) is 83.1 Å². The number of nitrogens with one attached hydrogen (secondary N) is 1. The third-order valence-electron chi connectivity index (χ3n) is 2.18. The van der Waals surface area contributed by atoms with Crippen molar-refractivity contribution in [1.29, 1.82) is 5.26 Å². The molecular weight excluding hydrogens is 228 g/mol. The summed E-state index contributed by atoms with van der Waals surface area (Å²) in [5.74, 6) is 1.25. The first-order valence-electron chi connectivity index (χ1n) is 4.84. The molecule has 1 rings (SSSR count). The first-order chi connectivity index (χ1) is 7.36. The lowest BCUT2D eigenvalue weighted by molar-refractivity contribution is 0.440. The number of aryl methyl sites for hydroxylation is 1. The van der Waals surface area contributed by atoms with Gasteiger partial charge < -0.3 is 4.42 Å². The molecule has 88 valence electrons. The number of furan rings is 1. The standard InChI is InChI=1S/C10H14N2O3S/c1-7-4-5-10(15-7)9(3)12-16(13,14)8(2)6-11/h4-5,8-9,12H,1-3H3. The Morgan fingerprint density at radius 1 is 1.44 bits per heavy atom. The molecule has 1 aromatic heterocycles. The van der Waals surface area contributed by atoms with Gasteiger partial charge in [0.05, 0.1) is 12.1 Å². The van der Waals surface area contributed by atoms with E-state index in [0.717, 1.165) is 5.76 Å². The van der Waals surface area contributed by atoms with Gasteiger partial charge in [-0.2, -0.15) is 5.26 Å². The molecule has 0 saturated carbocycles. The van der Waals surface area contributed by atoms with Crippen LogP contribution in [0.5, 0.6) is 0 Å². The Morgan fingerprint density at radius 3 is 2.50 bits per heavy atom. The van der Waals surface area contributed by atoms with Crippen LogP contribution in [0.15, 0.2) is 16.5 Å². The first-order valence-corrected chi connectivity index (χ1v) is 6.38. The fourth-order valence-corrected chi connectivity index (χ4v) is 2.11. The van der Waals surface area contributed by atoms with E-state index in [4.69, 9.17) is 9.68 Å². The largest absolute Gasteiger partial charge is 0.465 e. The highest BCUT2D eigenvalue weighted by Crippen LogP contribution is 2.17. The average Bonchev–Trinajstić information content (AvgIpc) is 2.63. The van der Waals surface area contributed by atoms with Crippen LogP contribution in [0.4, 0.5) is 0 Å². The lowest BCUT2D eigenvalue weighted by Crippen LogP contribution is -2.33. The molecule has 16 heavy (non-hydrogen) atoms. The molecule has 0 aliphatic rings. The van der Waals surface area contributed by atoms with Gasteiger partial charge in [0.15, 0.2) is 5.25 Å². The summed E-state index contributed by atoms with van der Waals surface area (Å²) in [6.45, 7) is 4.78. The van der Waals surface area contributed by atoms with Crippen LogP contribution in [-0.4, -0.2) is 13.7 Å². The normalized spacial score (nSPS) is 15.4. The lowest BCUT2D eigenvalue weighted by atomic mass is 10.3. The van der Waals surface area contributed by atoms with Crippen molar-refractivity contribution in [2.75, 3.05) is 0 Å². The molecule has 1 N–H and O–H groups in total. The summed E-state index contributed by atoms with van der Waals surface area (Å²) in [5, 5.41) is 7.49. The van der Waals surface area contributed by atoms with Crippen LogP contribution in [0, 0.1) is 18.3 Å². The minimum atomic E-state index is -3.62. The number of hydrogen-bond donors (Lipinski definition) is 1. The zero-order valence-corrected chi connectivity index (χ0v) is 10.2. The predicted octanol–water partition coefficient (Wildman–Crippen LogP) is 1.48. The first kappa shape index (κ1) is 12.7. The molecule has 2 atom stereocenters. The minimum absolute atomic E-state index is 0.477. The molecule has 0 spiro atoms. The second-order valence-electron chi connectivity index (χ2n) is 3.60. The SMILES string of the molecule is Cc1ccc(C(C)NS(=O)(=O)C(C)C#N)o1. The van der Waals surface area contributed by atoms with E-state index in [9.17, 15) is 8.42 Å². The number of sulfonamides is 1. The molecule has 0 bridgehead atoms. The van der Waals surface area contributed by atoms with Crippen molar-refractivity contribution in [3.8, 4) is 6.07 Å². The van der Waals surface area contributed by atoms with Crippen LogP contribution in [-0.2, 0) is 10.0 Å². The molecule has 0 saturated heterocycles. The van der Waals surface area contributed by atoms with Gasteiger partial charge in [-0.15, -0.1) is 0 Å². The van der Waals surface area contributed by atoms with Gasteiger partial charge in [0.2, 0.25) is 10.0 Å². The van der Waals surface area contributed by atoms with Crippen molar-refractivity contribution in [3.05, 3.63) is 23.7 Å². The Bertz CT molecular complexity index is 498. The average molecular weight is 242 g/mol. The third kappa shape index (κ3) is 2.84. The Labute approximate surface area is 95.1 Å². The summed E-state index contributed by atoms with van der Waals surface area (Å²) in [6.07, 6.45) is 0. The van der Waals surface area contributed by atoms with Crippen molar-refractivity contribution < 1.29 is 12.8 Å². The van der Waals surface area contributed by atoms with E-state index in [1.54, 1.807) is 32.0 Å². The molecule has 1 heterocycles. The van der Waals surface area contributed by atoms with Crippen molar-refractivity contribution in [3.63, 3.8) is 0 Å². The zero-order valence-electron chi connectivity index (χ0n) is 9.39. The third-order valence-corrected chi connectivity index (χ3v) is 3.89. The van der Waals surface area contributed by atoms with E-state index < -0.39 is 21.3 Å². The lowest BCUT2D eigenvalue weighted by Gasteiger charge is -2.12. The Kier molecular flexibility index (Phi) is 3.73. The fraction of sp³-hybridized carbons (Fsp3) is 0.500. The van der Waals surface area contributed by atoms with Gasteiger partial charge in [-0.05, 0) is 32.9 Å². The van der Waals surface area contributed by atoms with Gasteiger partial charge in [-0.1, -0.05) is 0 Å². The summed E-state index contributed by atoms with van der Waals surface area (Å²) in [4.78, 5) is 0. The summed E-state index contributed by atoms with van der Waals surface area (Å²) in [5.41, 5.74) is 0. The van der Waals surface area contributed by atoms with Crippen molar-refractivity contribution in [2.24, 2.45) is 0 Å². The van der Waals surface area contributed by atoms with Crippen LogP contribution in [0.1, 0.15) is 31.4 Å². The molecule has 0 fully saturated rings. The van der Waals surface area contributed by atoms with Gasteiger partial charge in [-0.3, -0.25) is 0 Å². The molecule has 1 aromatic rings. The Hall–Kier alpha value is -1.32. The molecule has 5 nitrogen and oxygen atoms in total. The van der Waals surface area contributed by atoms with Crippen LogP contribution in [0.25, 0.3) is 0 Å².